The van der Waals surface area contributed by atoms with E-state index in [1.54, 1.807) is 6.08 Å². The number of hydrogen-bond acceptors (Lipinski definition) is 1. The minimum Gasteiger partial charge on any atom is -0.414 e. The molecule has 0 aromatic rings. The number of allylic oxidation sites excluding steroid dienone is 3. The fraction of sp³-hybridized carbons (Fsp3) is 0.688. The van der Waals surface area contributed by atoms with E-state index in [-0.39, 0.29) is 26.9 Å². The first-order valence-corrected chi connectivity index (χ1v) is 9.49. The van der Waals surface area contributed by atoms with Crippen molar-refractivity contribution in [2.75, 3.05) is 0 Å². The van der Waals surface area contributed by atoms with E-state index in [0.29, 0.717) is 11.1 Å². The van der Waals surface area contributed by atoms with Crippen LogP contribution in [0.15, 0.2) is 18.2 Å². The van der Waals surface area contributed by atoms with Crippen LogP contribution in [0.25, 0.3) is 0 Å². The molecule has 0 aromatic carbocycles. The van der Waals surface area contributed by atoms with Crippen molar-refractivity contribution < 1.29 is 23.9 Å². The van der Waals surface area contributed by atoms with Gasteiger partial charge in [-0.15, -0.1) is 0 Å². The van der Waals surface area contributed by atoms with Crippen LogP contribution >= 0.6 is 0 Å². The maximum atomic E-state index is 6.29. The molecule has 0 radical (unpaired) electrons. The van der Waals surface area contributed by atoms with Crippen molar-refractivity contribution in [1.29, 1.82) is 0 Å². The smallest absolute Gasteiger partial charge is 0.414 e. The van der Waals surface area contributed by atoms with Crippen molar-refractivity contribution in [1.82, 2.24) is 0 Å². The molecule has 0 bridgehead atoms. The molecule has 0 unspecified atom stereocenters. The van der Waals surface area contributed by atoms with E-state index < -0.39 is 8.32 Å². The molecule has 1 atom stereocenters. The number of rotatable bonds is 7. The Hall–Kier alpha value is 0.280. The first-order valence-electron chi connectivity index (χ1n) is 6.58. The zero-order chi connectivity index (χ0) is 13.5. The van der Waals surface area contributed by atoms with Crippen LogP contribution in [-0.2, 0) is 23.9 Å². The maximum Gasteiger partial charge on any atom is 2.00 e. The second-order valence-corrected chi connectivity index (χ2v) is 11.0. The molecule has 1 nitrogen and oxygen atoms in total. The molecule has 0 aliphatic heterocycles. The number of hydrogen-bond donors (Lipinski definition) is 0. The second-order valence-electron chi connectivity index (χ2n) is 6.24. The summed E-state index contributed by atoms with van der Waals surface area (Å²) in [6.07, 6.45) is 9.33. The Morgan fingerprint density at radius 3 is 2.21 bits per heavy atom. The number of unbranched alkanes of at least 4 members (excludes halogenated alkanes) is 1. The van der Waals surface area contributed by atoms with Crippen LogP contribution in [0.4, 0.5) is 0 Å². The van der Waals surface area contributed by atoms with Crippen LogP contribution in [0.5, 0.6) is 0 Å². The molecule has 0 saturated carbocycles. The van der Waals surface area contributed by atoms with Crippen LogP contribution in [0.3, 0.4) is 0 Å². The van der Waals surface area contributed by atoms with Gasteiger partial charge >= 0.3 is 19.5 Å². The summed E-state index contributed by atoms with van der Waals surface area (Å²) >= 11 is 0. The molecule has 0 aliphatic rings. The zero-order valence-electron chi connectivity index (χ0n) is 14.1. The van der Waals surface area contributed by atoms with Crippen LogP contribution in [0.2, 0.25) is 18.1 Å². The molecule has 0 spiro atoms. The first kappa shape index (κ1) is 24.3. The van der Waals surface area contributed by atoms with Crippen LogP contribution in [-0.4, -0.2) is 14.4 Å². The van der Waals surface area contributed by atoms with E-state index in [0.717, 1.165) is 12.8 Å². The summed E-state index contributed by atoms with van der Waals surface area (Å²) in [6, 6.07) is 0. The van der Waals surface area contributed by atoms with Gasteiger partial charge in [-0.25, -0.2) is 12.2 Å². The first-order chi connectivity index (χ1) is 7.70. The van der Waals surface area contributed by atoms with Crippen molar-refractivity contribution in [2.24, 2.45) is 0 Å². The third-order valence-electron chi connectivity index (χ3n) is 3.53. The predicted molar refractivity (Wildman–Crippen MR) is 86.0 cm³/mol. The summed E-state index contributed by atoms with van der Waals surface area (Å²) in [4.78, 5) is 0. The fourth-order valence-corrected chi connectivity index (χ4v) is 2.91. The monoisotopic (exact) mass is 332 g/mol. The molecule has 0 fully saturated rings. The van der Waals surface area contributed by atoms with Gasteiger partial charge in [0.2, 0.25) is 0 Å². The zero-order valence-corrected chi connectivity index (χ0v) is 18.1. The molecular weight excluding hydrogens is 302 g/mol. The Morgan fingerprint density at radius 2 is 1.79 bits per heavy atom. The van der Waals surface area contributed by atoms with Gasteiger partial charge < -0.3 is 11.9 Å². The average Bonchev–Trinajstić information content (AvgIpc) is 2.14. The molecule has 0 aromatic heterocycles. The molecule has 0 amide bonds. The van der Waals surface area contributed by atoms with E-state index in [4.69, 9.17) is 11.0 Å². The average molecular weight is 334 g/mol. The predicted octanol–water partition coefficient (Wildman–Crippen LogP) is 5.56. The molecule has 0 heterocycles. The third-order valence-corrected chi connectivity index (χ3v) is 8.13. The molecule has 3 heteroatoms. The second kappa shape index (κ2) is 11.0. The summed E-state index contributed by atoms with van der Waals surface area (Å²) in [6.45, 7) is 18.9. The minimum atomic E-state index is -1.59. The Balaban J connectivity index is -0.00000128. The van der Waals surface area contributed by atoms with Crippen molar-refractivity contribution in [3.63, 3.8) is 0 Å². The summed E-state index contributed by atoms with van der Waals surface area (Å²) in [5.74, 6) is 0. The molecule has 0 saturated heterocycles. The molecule has 0 rings (SSSR count). The molecular formula is C16H32OSiZn. The molecule has 0 aliphatic carbocycles. The summed E-state index contributed by atoms with van der Waals surface area (Å²) in [5, 5.41) is 0.301. The van der Waals surface area contributed by atoms with Crippen molar-refractivity contribution in [3.05, 3.63) is 32.2 Å². The minimum absolute atomic E-state index is 0. The quantitative estimate of drug-likeness (QED) is 0.256. The molecule has 19 heavy (non-hydrogen) atoms. The normalized spacial score (nSPS) is 13.6. The van der Waals surface area contributed by atoms with Crippen LogP contribution in [0, 0.1) is 14.0 Å². The van der Waals surface area contributed by atoms with Gasteiger partial charge in [0.15, 0.2) is 8.32 Å². The largest absolute Gasteiger partial charge is 2.00 e. The Morgan fingerprint density at radius 1 is 1.26 bits per heavy atom. The van der Waals surface area contributed by atoms with Gasteiger partial charge in [-0.2, -0.15) is 6.08 Å². The van der Waals surface area contributed by atoms with Crippen molar-refractivity contribution in [2.45, 2.75) is 71.2 Å². The van der Waals surface area contributed by atoms with Gasteiger partial charge in [-0.1, -0.05) is 27.2 Å². The van der Waals surface area contributed by atoms with Crippen molar-refractivity contribution >= 4 is 8.32 Å². The van der Waals surface area contributed by atoms with E-state index in [1.165, 1.54) is 6.42 Å². The fourth-order valence-electron chi connectivity index (χ4n) is 1.44. The SMILES string of the molecule is [CH-]=C/C=C/CCC[C@@H](C)O[Si](C)(C)C(C)(C)C.[CH3-].[Zn+2]. The van der Waals surface area contributed by atoms with E-state index in [2.05, 4.69) is 46.9 Å². The van der Waals surface area contributed by atoms with E-state index in [9.17, 15) is 0 Å². The van der Waals surface area contributed by atoms with Gasteiger partial charge in [0.1, 0.15) is 0 Å². The van der Waals surface area contributed by atoms with Crippen LogP contribution in [0.1, 0.15) is 47.0 Å². The summed E-state index contributed by atoms with van der Waals surface area (Å²) in [7, 11) is -1.59. The standard InChI is InChI=1S/C15H29OSi.CH3.Zn/c1-8-9-10-11-12-13-14(2)16-17(6,7)15(3,4)5;;/h1,8-10,14H,11-13H2,2-7H3;1H3;/q2*-1;+2/b10-9+;;/t14-;;/m1../s1. The van der Waals surface area contributed by atoms with E-state index in [1.807, 2.05) is 6.08 Å². The van der Waals surface area contributed by atoms with Crippen LogP contribution < -0.4 is 0 Å². The molecule has 0 N–H and O–H groups in total. The van der Waals surface area contributed by atoms with Gasteiger partial charge in [0, 0.05) is 6.10 Å². The maximum absolute atomic E-state index is 6.29. The third kappa shape index (κ3) is 10.7. The summed E-state index contributed by atoms with van der Waals surface area (Å²) < 4.78 is 6.29. The van der Waals surface area contributed by atoms with Gasteiger partial charge in [0.25, 0.3) is 0 Å². The van der Waals surface area contributed by atoms with E-state index >= 15 is 0 Å². The Labute approximate surface area is 135 Å². The van der Waals surface area contributed by atoms with Gasteiger partial charge in [0.05, 0.1) is 0 Å². The Kier molecular flexibility index (Phi) is 14.1. The van der Waals surface area contributed by atoms with Gasteiger partial charge in [-0.3, -0.25) is 6.58 Å². The Bertz CT molecular complexity index is 254. The summed E-state index contributed by atoms with van der Waals surface area (Å²) in [5.41, 5.74) is 0. The van der Waals surface area contributed by atoms with Crippen molar-refractivity contribution in [3.8, 4) is 0 Å². The van der Waals surface area contributed by atoms with Gasteiger partial charge in [-0.05, 0) is 37.9 Å². The topological polar surface area (TPSA) is 9.23 Å². The molecule has 108 valence electrons.